The number of nitrogens with two attached hydrogens (primary N) is 1. The minimum atomic E-state index is 0. The van der Waals surface area contributed by atoms with Gasteiger partial charge >= 0.3 is 0 Å². The van der Waals surface area contributed by atoms with Crippen molar-refractivity contribution in [3.63, 3.8) is 0 Å². The van der Waals surface area contributed by atoms with Crippen molar-refractivity contribution in [2.75, 3.05) is 26.2 Å². The van der Waals surface area contributed by atoms with Gasteiger partial charge in [0.25, 0.3) is 0 Å². The van der Waals surface area contributed by atoms with Crippen LogP contribution in [0.4, 0.5) is 0 Å². The third kappa shape index (κ3) is 5.68. The van der Waals surface area contributed by atoms with Gasteiger partial charge in [-0.2, -0.15) is 0 Å². The smallest absolute Gasteiger partial charge is 0.234 e. The van der Waals surface area contributed by atoms with Gasteiger partial charge in [-0.1, -0.05) is 0 Å². The molecule has 1 fully saturated rings. The number of nitrogens with zero attached hydrogens (tertiary/aromatic N) is 1. The minimum Gasteiger partial charge on any atom is -0.353 e. The molecule has 4 nitrogen and oxygen atoms in total. The predicted molar refractivity (Wildman–Crippen MR) is 68.7 cm³/mol. The molecule has 0 saturated carbocycles. The molecule has 0 unspecified atom stereocenters. The quantitative estimate of drug-likeness (QED) is 0.767. The number of carbonyl (C=O) groups is 1. The highest BCUT2D eigenvalue weighted by Gasteiger charge is 2.19. The number of carbonyl (C=O) groups excluding carboxylic acids is 1. The fraction of sp³-hybridized carbons (Fsp3) is 0.909. The van der Waals surface area contributed by atoms with Gasteiger partial charge in [-0.15, -0.1) is 12.4 Å². The molecule has 1 rings (SSSR count). The Morgan fingerprint density at radius 3 is 2.44 bits per heavy atom. The molecular weight excluding hydrogens is 226 g/mol. The molecule has 16 heavy (non-hydrogen) atoms. The van der Waals surface area contributed by atoms with E-state index in [4.69, 9.17) is 5.73 Å². The Morgan fingerprint density at radius 1 is 1.44 bits per heavy atom. The molecule has 96 valence electrons. The average molecular weight is 250 g/mol. The summed E-state index contributed by atoms with van der Waals surface area (Å²) in [6.45, 7) is 7.30. The van der Waals surface area contributed by atoms with Crippen molar-refractivity contribution in [2.45, 2.75) is 32.7 Å². The summed E-state index contributed by atoms with van der Waals surface area (Å²) in [6, 6.07) is 0.235. The summed E-state index contributed by atoms with van der Waals surface area (Å²) >= 11 is 0. The molecule has 0 aromatic rings. The van der Waals surface area contributed by atoms with Crippen molar-refractivity contribution in [1.82, 2.24) is 10.2 Å². The summed E-state index contributed by atoms with van der Waals surface area (Å²) in [6.07, 6.45) is 2.26. The number of likely N-dealkylation sites (tertiary alicyclic amines) is 1. The van der Waals surface area contributed by atoms with Gasteiger partial charge in [0.2, 0.25) is 5.91 Å². The second-order valence-corrected chi connectivity index (χ2v) is 4.68. The Bertz CT molecular complexity index is 203. The molecule has 0 aromatic heterocycles. The highest BCUT2D eigenvalue weighted by Crippen LogP contribution is 2.14. The van der Waals surface area contributed by atoms with Crippen molar-refractivity contribution in [3.05, 3.63) is 0 Å². The van der Waals surface area contributed by atoms with Crippen LogP contribution in [0.5, 0.6) is 0 Å². The standard InChI is InChI=1S/C11H23N3O.ClH/c1-9(2)13-11(15)8-14-5-3-10(7-12)4-6-14;/h9-10H,3-8,12H2,1-2H3,(H,13,15);1H. The molecule has 1 aliphatic heterocycles. The molecule has 1 heterocycles. The summed E-state index contributed by atoms with van der Waals surface area (Å²) in [5.41, 5.74) is 5.62. The molecular formula is C11H24ClN3O. The number of rotatable bonds is 4. The monoisotopic (exact) mass is 249 g/mol. The van der Waals surface area contributed by atoms with Gasteiger partial charge in [0.1, 0.15) is 0 Å². The van der Waals surface area contributed by atoms with Crippen molar-refractivity contribution in [2.24, 2.45) is 11.7 Å². The first kappa shape index (κ1) is 15.7. The van der Waals surface area contributed by atoms with Crippen LogP contribution in [0.1, 0.15) is 26.7 Å². The van der Waals surface area contributed by atoms with Crippen LogP contribution in [-0.2, 0) is 4.79 Å². The lowest BCUT2D eigenvalue weighted by atomic mass is 9.97. The number of piperidine rings is 1. The maximum atomic E-state index is 11.5. The molecule has 0 aliphatic carbocycles. The number of hydrogen-bond acceptors (Lipinski definition) is 3. The molecule has 5 heteroatoms. The molecule has 0 bridgehead atoms. The first-order valence-electron chi connectivity index (χ1n) is 5.83. The van der Waals surface area contributed by atoms with E-state index >= 15 is 0 Å². The van der Waals surface area contributed by atoms with E-state index < -0.39 is 0 Å². The SMILES string of the molecule is CC(C)NC(=O)CN1CCC(CN)CC1.Cl. The van der Waals surface area contributed by atoms with Crippen LogP contribution >= 0.6 is 12.4 Å². The Balaban J connectivity index is 0.00000225. The minimum absolute atomic E-state index is 0. The molecule has 0 aromatic carbocycles. The van der Waals surface area contributed by atoms with Crippen molar-refractivity contribution in [3.8, 4) is 0 Å². The van der Waals surface area contributed by atoms with E-state index in [1.165, 1.54) is 0 Å². The number of amides is 1. The van der Waals surface area contributed by atoms with E-state index in [1.54, 1.807) is 0 Å². The van der Waals surface area contributed by atoms with Gasteiger partial charge in [0, 0.05) is 6.04 Å². The van der Waals surface area contributed by atoms with Crippen LogP contribution in [0.15, 0.2) is 0 Å². The predicted octanol–water partition coefficient (Wildman–Crippen LogP) is 0.603. The molecule has 0 spiro atoms. The third-order valence-corrected chi connectivity index (χ3v) is 2.86. The van der Waals surface area contributed by atoms with Crippen LogP contribution in [0.3, 0.4) is 0 Å². The maximum absolute atomic E-state index is 11.5. The zero-order valence-electron chi connectivity index (χ0n) is 10.2. The Labute approximate surface area is 104 Å². The summed E-state index contributed by atoms with van der Waals surface area (Å²) in [5, 5.41) is 2.91. The molecule has 0 radical (unpaired) electrons. The third-order valence-electron chi connectivity index (χ3n) is 2.86. The molecule has 3 N–H and O–H groups in total. The zero-order chi connectivity index (χ0) is 11.3. The highest BCUT2D eigenvalue weighted by molar-refractivity contribution is 5.85. The van der Waals surface area contributed by atoms with Gasteiger partial charge in [-0.3, -0.25) is 9.69 Å². The van der Waals surface area contributed by atoms with Crippen LogP contribution in [0.25, 0.3) is 0 Å². The van der Waals surface area contributed by atoms with Crippen molar-refractivity contribution in [1.29, 1.82) is 0 Å². The van der Waals surface area contributed by atoms with Crippen molar-refractivity contribution >= 4 is 18.3 Å². The van der Waals surface area contributed by atoms with Crippen LogP contribution in [0.2, 0.25) is 0 Å². The van der Waals surface area contributed by atoms with E-state index in [0.717, 1.165) is 32.5 Å². The van der Waals surface area contributed by atoms with Crippen LogP contribution < -0.4 is 11.1 Å². The van der Waals surface area contributed by atoms with E-state index in [-0.39, 0.29) is 24.4 Å². The highest BCUT2D eigenvalue weighted by atomic mass is 35.5. The topological polar surface area (TPSA) is 58.4 Å². The first-order valence-corrected chi connectivity index (χ1v) is 5.83. The first-order chi connectivity index (χ1) is 7.11. The molecule has 1 saturated heterocycles. The zero-order valence-corrected chi connectivity index (χ0v) is 11.1. The van der Waals surface area contributed by atoms with Gasteiger partial charge in [0.05, 0.1) is 6.54 Å². The summed E-state index contributed by atoms with van der Waals surface area (Å²) in [7, 11) is 0. The lowest BCUT2D eigenvalue weighted by Crippen LogP contribution is -2.44. The summed E-state index contributed by atoms with van der Waals surface area (Å²) in [5.74, 6) is 0.797. The lowest BCUT2D eigenvalue weighted by molar-refractivity contribution is -0.123. The number of hydrogen-bond donors (Lipinski definition) is 2. The molecule has 1 aliphatic rings. The van der Waals surface area contributed by atoms with Gasteiger partial charge in [0.15, 0.2) is 0 Å². The largest absolute Gasteiger partial charge is 0.353 e. The van der Waals surface area contributed by atoms with E-state index in [2.05, 4.69) is 10.2 Å². The number of nitrogens with one attached hydrogen (secondary N) is 1. The lowest BCUT2D eigenvalue weighted by Gasteiger charge is -2.30. The van der Waals surface area contributed by atoms with Gasteiger partial charge in [-0.25, -0.2) is 0 Å². The summed E-state index contributed by atoms with van der Waals surface area (Å²) in [4.78, 5) is 13.7. The fourth-order valence-electron chi connectivity index (χ4n) is 1.95. The Morgan fingerprint density at radius 2 is 2.00 bits per heavy atom. The Hall–Kier alpha value is -0.320. The van der Waals surface area contributed by atoms with Gasteiger partial charge in [-0.05, 0) is 52.2 Å². The average Bonchev–Trinajstić information content (AvgIpc) is 2.17. The maximum Gasteiger partial charge on any atom is 0.234 e. The van der Waals surface area contributed by atoms with Gasteiger partial charge < -0.3 is 11.1 Å². The van der Waals surface area contributed by atoms with Crippen molar-refractivity contribution < 1.29 is 4.79 Å². The van der Waals surface area contributed by atoms with E-state index in [0.29, 0.717) is 12.5 Å². The fourth-order valence-corrected chi connectivity index (χ4v) is 1.95. The molecule has 1 amide bonds. The van der Waals surface area contributed by atoms with E-state index in [9.17, 15) is 4.79 Å². The van der Waals surface area contributed by atoms with Crippen LogP contribution in [-0.4, -0.2) is 43.0 Å². The Kier molecular flexibility index (Phi) is 7.72. The van der Waals surface area contributed by atoms with E-state index in [1.807, 2.05) is 13.8 Å². The molecule has 0 atom stereocenters. The van der Waals surface area contributed by atoms with Crippen LogP contribution in [0, 0.1) is 5.92 Å². The number of halogens is 1. The summed E-state index contributed by atoms with van der Waals surface area (Å²) < 4.78 is 0. The second kappa shape index (κ2) is 7.87. The normalized spacial score (nSPS) is 18.2. The second-order valence-electron chi connectivity index (χ2n) is 4.68.